The topological polar surface area (TPSA) is 35.0 Å². The Morgan fingerprint density at radius 3 is 1.40 bits per heavy atom. The van der Waals surface area contributed by atoms with E-state index in [1.807, 2.05) is 42.6 Å². The van der Waals surface area contributed by atoms with E-state index in [2.05, 4.69) is 166 Å². The van der Waals surface area contributed by atoms with Gasteiger partial charge in [0.1, 0.15) is 5.75 Å². The molecule has 0 saturated carbocycles. The highest BCUT2D eigenvalue weighted by molar-refractivity contribution is 5.88. The van der Waals surface area contributed by atoms with Crippen LogP contribution in [0.2, 0.25) is 0 Å². The molecule has 8 aromatic rings. The van der Waals surface area contributed by atoms with Gasteiger partial charge in [0, 0.05) is 12.3 Å². The second kappa shape index (κ2) is 12.5. The summed E-state index contributed by atoms with van der Waals surface area (Å²) >= 11 is 0. The lowest BCUT2D eigenvalue weighted by molar-refractivity contribution is 0.453. The average Bonchev–Trinajstić information content (AvgIpc) is 3.70. The first-order chi connectivity index (χ1) is 26.9. The van der Waals surface area contributed by atoms with Crippen LogP contribution >= 0.6 is 0 Å². The fourth-order valence-corrected chi connectivity index (χ4v) is 9.30. The van der Waals surface area contributed by atoms with E-state index in [1.165, 1.54) is 44.5 Å². The highest BCUT2D eigenvalue weighted by atomic mass is 16.5. The molecular formula is C52H40N2O. The molecule has 6 aromatic carbocycles. The van der Waals surface area contributed by atoms with Crippen molar-refractivity contribution >= 4 is 0 Å². The van der Waals surface area contributed by atoms with Crippen LogP contribution in [0.1, 0.15) is 71.1 Å². The summed E-state index contributed by atoms with van der Waals surface area (Å²) < 4.78 is 6.61. The molecule has 0 saturated heterocycles. The van der Waals surface area contributed by atoms with Crippen LogP contribution in [0.15, 0.2) is 188 Å². The molecule has 2 aliphatic rings. The summed E-state index contributed by atoms with van der Waals surface area (Å²) in [4.78, 5) is 10.7. The number of ether oxygens (including phenoxy) is 1. The maximum atomic E-state index is 6.61. The molecule has 0 bridgehead atoms. The lowest BCUT2D eigenvalue weighted by Crippen LogP contribution is -2.33. The molecular weight excluding hydrogens is 669 g/mol. The van der Waals surface area contributed by atoms with Crippen molar-refractivity contribution in [3.05, 3.63) is 239 Å². The number of rotatable bonds is 6. The molecule has 3 nitrogen and oxygen atoms in total. The maximum absolute atomic E-state index is 6.61. The maximum Gasteiger partial charge on any atom is 0.219 e. The molecule has 0 radical (unpaired) electrons. The molecule has 264 valence electrons. The third-order valence-electron chi connectivity index (χ3n) is 11.7. The van der Waals surface area contributed by atoms with Crippen molar-refractivity contribution in [1.82, 2.24) is 9.97 Å². The summed E-state index contributed by atoms with van der Waals surface area (Å²) in [5.74, 6) is 1.33. The standard InChI is InChI=1S/C52H40N2O/c1-50(2,3)37-33-48(54-49(34-37)55-38-20-5-4-6-21-38)52(45-28-13-9-24-41(45)42-25-10-14-29-46(42)52)36-19-17-18-35(32-36)51(47-30-15-16-31-53-47)43-26-11-7-22-39(43)40-23-8-12-27-44(40)51/h4-34H,1-3H3. The zero-order valence-corrected chi connectivity index (χ0v) is 31.2. The number of aromatic nitrogens is 2. The molecule has 0 unspecified atom stereocenters. The Morgan fingerprint density at radius 2 is 0.909 bits per heavy atom. The van der Waals surface area contributed by atoms with E-state index < -0.39 is 10.8 Å². The van der Waals surface area contributed by atoms with Crippen LogP contribution in [-0.4, -0.2) is 9.97 Å². The lowest BCUT2D eigenvalue weighted by atomic mass is 9.65. The van der Waals surface area contributed by atoms with E-state index in [0.29, 0.717) is 5.88 Å². The smallest absolute Gasteiger partial charge is 0.219 e. The first kappa shape index (κ1) is 33.0. The van der Waals surface area contributed by atoms with Crippen LogP contribution < -0.4 is 4.74 Å². The Kier molecular flexibility index (Phi) is 7.50. The van der Waals surface area contributed by atoms with Gasteiger partial charge in [0.05, 0.1) is 22.2 Å². The van der Waals surface area contributed by atoms with Crippen molar-refractivity contribution in [3.8, 4) is 33.9 Å². The number of hydrogen-bond donors (Lipinski definition) is 0. The number of benzene rings is 6. The van der Waals surface area contributed by atoms with Gasteiger partial charge in [-0.3, -0.25) is 4.98 Å². The van der Waals surface area contributed by atoms with Gasteiger partial charge in [0.15, 0.2) is 0 Å². The van der Waals surface area contributed by atoms with E-state index in [1.54, 1.807) is 0 Å². The van der Waals surface area contributed by atoms with E-state index >= 15 is 0 Å². The first-order valence-electron chi connectivity index (χ1n) is 19.1. The number of fused-ring (bicyclic) bond motifs is 6. The molecule has 2 aliphatic carbocycles. The Labute approximate surface area is 323 Å². The minimum absolute atomic E-state index is 0.173. The molecule has 0 N–H and O–H groups in total. The predicted molar refractivity (Wildman–Crippen MR) is 222 cm³/mol. The van der Waals surface area contributed by atoms with Crippen LogP contribution in [0.4, 0.5) is 0 Å². The van der Waals surface area contributed by atoms with Gasteiger partial charge in [-0.2, -0.15) is 0 Å². The fourth-order valence-electron chi connectivity index (χ4n) is 9.30. The summed E-state index contributed by atoms with van der Waals surface area (Å²) in [6.07, 6.45) is 1.92. The second-order valence-electron chi connectivity index (χ2n) is 15.7. The van der Waals surface area contributed by atoms with Crippen molar-refractivity contribution in [2.24, 2.45) is 0 Å². The van der Waals surface area contributed by atoms with E-state index in [0.717, 1.165) is 33.8 Å². The fraction of sp³-hybridized carbons (Fsp3) is 0.115. The predicted octanol–water partition coefficient (Wildman–Crippen LogP) is 12.3. The molecule has 0 aliphatic heterocycles. The van der Waals surface area contributed by atoms with Crippen molar-refractivity contribution in [2.45, 2.75) is 37.0 Å². The van der Waals surface area contributed by atoms with Gasteiger partial charge in [-0.25, -0.2) is 4.98 Å². The van der Waals surface area contributed by atoms with E-state index in [9.17, 15) is 0 Å². The van der Waals surface area contributed by atoms with Crippen LogP contribution in [0.5, 0.6) is 11.6 Å². The molecule has 3 heteroatoms. The van der Waals surface area contributed by atoms with Gasteiger partial charge in [0.25, 0.3) is 0 Å². The molecule has 10 rings (SSSR count). The van der Waals surface area contributed by atoms with Crippen LogP contribution in [-0.2, 0) is 16.2 Å². The summed E-state index contributed by atoms with van der Waals surface area (Å²) in [7, 11) is 0. The normalized spacial score (nSPS) is 14.4. The highest BCUT2D eigenvalue weighted by Crippen LogP contribution is 2.59. The Morgan fingerprint density at radius 1 is 0.436 bits per heavy atom. The Balaban J connectivity index is 1.31. The Bertz CT molecular complexity index is 2640. The second-order valence-corrected chi connectivity index (χ2v) is 15.7. The average molecular weight is 709 g/mol. The van der Waals surface area contributed by atoms with Crippen molar-refractivity contribution in [3.63, 3.8) is 0 Å². The number of nitrogens with zero attached hydrogens (tertiary/aromatic N) is 2. The van der Waals surface area contributed by atoms with Gasteiger partial charge in [-0.1, -0.05) is 166 Å². The third-order valence-corrected chi connectivity index (χ3v) is 11.7. The van der Waals surface area contributed by atoms with Crippen LogP contribution in [0.25, 0.3) is 22.3 Å². The molecule has 2 aromatic heterocycles. The van der Waals surface area contributed by atoms with Gasteiger partial charge in [0.2, 0.25) is 5.88 Å². The highest BCUT2D eigenvalue weighted by Gasteiger charge is 2.51. The summed E-state index contributed by atoms with van der Waals surface area (Å²) in [5.41, 5.74) is 13.6. The minimum atomic E-state index is -0.762. The SMILES string of the molecule is CC(C)(C)c1cc(Oc2ccccc2)nc(C2(c3cccc(C4(c5ccccn5)c5ccccc5-c5ccccc54)c3)c3ccccc3-c3ccccc32)c1. The van der Waals surface area contributed by atoms with Crippen molar-refractivity contribution in [2.75, 3.05) is 0 Å². The van der Waals surface area contributed by atoms with Crippen LogP contribution in [0.3, 0.4) is 0 Å². The third kappa shape index (κ3) is 4.89. The van der Waals surface area contributed by atoms with Gasteiger partial charge in [-0.15, -0.1) is 0 Å². The summed E-state index contributed by atoms with van der Waals surface area (Å²) in [6, 6.07) is 65.4. The van der Waals surface area contributed by atoms with E-state index in [-0.39, 0.29) is 5.41 Å². The zero-order chi connectivity index (χ0) is 37.2. The van der Waals surface area contributed by atoms with Gasteiger partial charge < -0.3 is 4.74 Å². The number of pyridine rings is 2. The molecule has 2 heterocycles. The molecule has 0 spiro atoms. The Hall–Kier alpha value is -6.58. The largest absolute Gasteiger partial charge is 0.439 e. The quantitative estimate of drug-likeness (QED) is 0.172. The molecule has 0 atom stereocenters. The zero-order valence-electron chi connectivity index (χ0n) is 31.2. The minimum Gasteiger partial charge on any atom is -0.439 e. The van der Waals surface area contributed by atoms with Crippen LogP contribution in [0, 0.1) is 0 Å². The summed E-state index contributed by atoms with van der Waals surface area (Å²) in [5, 5.41) is 0. The summed E-state index contributed by atoms with van der Waals surface area (Å²) in [6.45, 7) is 6.77. The molecule has 55 heavy (non-hydrogen) atoms. The van der Waals surface area contributed by atoms with E-state index in [4.69, 9.17) is 14.7 Å². The molecule has 0 amide bonds. The number of para-hydroxylation sites is 1. The first-order valence-corrected chi connectivity index (χ1v) is 19.1. The van der Waals surface area contributed by atoms with Gasteiger partial charge >= 0.3 is 0 Å². The van der Waals surface area contributed by atoms with Gasteiger partial charge in [-0.05, 0) is 96.9 Å². The number of hydrogen-bond acceptors (Lipinski definition) is 3. The van der Waals surface area contributed by atoms with Crippen molar-refractivity contribution in [1.29, 1.82) is 0 Å². The van der Waals surface area contributed by atoms with Crippen molar-refractivity contribution < 1.29 is 4.74 Å². The lowest BCUT2D eigenvalue weighted by Gasteiger charge is -2.37. The molecule has 0 fully saturated rings. The monoisotopic (exact) mass is 708 g/mol.